The van der Waals surface area contributed by atoms with Crippen molar-refractivity contribution < 1.29 is 5.11 Å². The van der Waals surface area contributed by atoms with E-state index in [-0.39, 0.29) is 6.10 Å². The Morgan fingerprint density at radius 3 is 2.63 bits per heavy atom. The van der Waals surface area contributed by atoms with Crippen molar-refractivity contribution in [2.45, 2.75) is 58.0 Å². The molecule has 19 heavy (non-hydrogen) atoms. The molecule has 4 unspecified atom stereocenters. The van der Waals surface area contributed by atoms with Crippen molar-refractivity contribution in [2.75, 3.05) is 0 Å². The van der Waals surface area contributed by atoms with Crippen LogP contribution >= 0.6 is 27.3 Å². The van der Waals surface area contributed by atoms with E-state index in [9.17, 15) is 5.11 Å². The van der Waals surface area contributed by atoms with Gasteiger partial charge in [0.25, 0.3) is 0 Å². The summed E-state index contributed by atoms with van der Waals surface area (Å²) < 4.78 is 1.10. The maximum absolute atomic E-state index is 10.7. The van der Waals surface area contributed by atoms with Gasteiger partial charge in [-0.05, 0) is 65.9 Å². The molecule has 2 aliphatic carbocycles. The zero-order chi connectivity index (χ0) is 13.4. The first-order chi connectivity index (χ1) is 9.15. The van der Waals surface area contributed by atoms with Crippen LogP contribution in [0.25, 0.3) is 0 Å². The Labute approximate surface area is 128 Å². The van der Waals surface area contributed by atoms with Crippen LogP contribution in [-0.4, -0.2) is 5.11 Å². The molecule has 106 valence electrons. The minimum absolute atomic E-state index is 0.254. The van der Waals surface area contributed by atoms with Gasteiger partial charge in [-0.15, -0.1) is 11.3 Å². The molecule has 0 spiro atoms. The quantitative estimate of drug-likeness (QED) is 0.756. The summed E-state index contributed by atoms with van der Waals surface area (Å²) in [4.78, 5) is 2.43. The summed E-state index contributed by atoms with van der Waals surface area (Å²) in [5.74, 6) is 2.33. The van der Waals surface area contributed by atoms with Crippen LogP contribution in [0.4, 0.5) is 0 Å². The van der Waals surface area contributed by atoms with Gasteiger partial charge in [0.1, 0.15) is 0 Å². The number of hydrogen-bond acceptors (Lipinski definition) is 2. The number of aryl methyl sites for hydroxylation is 1. The van der Waals surface area contributed by atoms with Gasteiger partial charge in [-0.2, -0.15) is 0 Å². The topological polar surface area (TPSA) is 20.2 Å². The summed E-state index contributed by atoms with van der Waals surface area (Å²) in [5, 5.41) is 10.7. The molecule has 2 saturated carbocycles. The summed E-state index contributed by atoms with van der Waals surface area (Å²) in [6, 6.07) is 2.13. The molecule has 0 aromatic carbocycles. The van der Waals surface area contributed by atoms with E-state index in [1.165, 1.54) is 49.8 Å². The van der Waals surface area contributed by atoms with Gasteiger partial charge in [-0.25, -0.2) is 0 Å². The average molecular weight is 343 g/mol. The van der Waals surface area contributed by atoms with E-state index in [0.717, 1.165) is 21.2 Å². The van der Waals surface area contributed by atoms with Gasteiger partial charge in [0.05, 0.1) is 6.10 Å². The summed E-state index contributed by atoms with van der Waals surface area (Å²) in [6.45, 7) is 2.11. The third-order valence-electron chi connectivity index (χ3n) is 5.13. The van der Waals surface area contributed by atoms with Crippen molar-refractivity contribution in [3.8, 4) is 0 Å². The van der Waals surface area contributed by atoms with E-state index in [4.69, 9.17) is 0 Å². The first-order valence-corrected chi connectivity index (χ1v) is 9.20. The molecular formula is C16H23BrOS. The van der Waals surface area contributed by atoms with Crippen LogP contribution in [-0.2, 0) is 0 Å². The maximum atomic E-state index is 10.7. The smallest absolute Gasteiger partial charge is 0.0921 e. The number of thiophene rings is 1. The molecular weight excluding hydrogens is 320 g/mol. The van der Waals surface area contributed by atoms with Crippen molar-refractivity contribution in [3.63, 3.8) is 0 Å². The fraction of sp³-hybridized carbons (Fsp3) is 0.750. The van der Waals surface area contributed by atoms with Crippen molar-refractivity contribution in [2.24, 2.45) is 17.8 Å². The third-order valence-corrected chi connectivity index (χ3v) is 7.17. The summed E-state index contributed by atoms with van der Waals surface area (Å²) >= 11 is 5.35. The van der Waals surface area contributed by atoms with Gasteiger partial charge >= 0.3 is 0 Å². The summed E-state index contributed by atoms with van der Waals surface area (Å²) in [5.41, 5.74) is 0. The molecule has 1 aromatic heterocycles. The Kier molecular flexibility index (Phi) is 4.35. The molecule has 1 nitrogen and oxygen atoms in total. The number of aliphatic hydroxyl groups is 1. The van der Waals surface area contributed by atoms with Gasteiger partial charge in [-0.3, -0.25) is 0 Å². The Bertz CT molecular complexity index is 442. The highest BCUT2D eigenvalue weighted by atomic mass is 79.9. The second-order valence-corrected chi connectivity index (χ2v) is 8.53. The van der Waals surface area contributed by atoms with Crippen LogP contribution in [0.15, 0.2) is 10.5 Å². The number of rotatable bonds is 2. The molecule has 0 amide bonds. The van der Waals surface area contributed by atoms with Crippen molar-refractivity contribution >= 4 is 27.3 Å². The maximum Gasteiger partial charge on any atom is 0.0921 e. The lowest BCUT2D eigenvalue weighted by Crippen LogP contribution is -2.30. The Hall–Kier alpha value is 0.140. The lowest BCUT2D eigenvalue weighted by Gasteiger charge is -2.40. The molecule has 0 bridgehead atoms. The van der Waals surface area contributed by atoms with Gasteiger partial charge in [0.15, 0.2) is 0 Å². The van der Waals surface area contributed by atoms with E-state index < -0.39 is 0 Å². The molecule has 4 atom stereocenters. The highest BCUT2D eigenvalue weighted by molar-refractivity contribution is 9.10. The van der Waals surface area contributed by atoms with Crippen LogP contribution < -0.4 is 0 Å². The minimum atomic E-state index is -0.254. The zero-order valence-electron chi connectivity index (χ0n) is 11.6. The Balaban J connectivity index is 1.70. The fourth-order valence-corrected chi connectivity index (χ4v) is 6.08. The van der Waals surface area contributed by atoms with Crippen molar-refractivity contribution in [1.82, 2.24) is 0 Å². The Morgan fingerprint density at radius 1 is 1.21 bits per heavy atom. The SMILES string of the molecule is Cc1cc(Br)c(C(O)C2CCC3CCCCC3C2)s1. The molecule has 1 aromatic rings. The lowest BCUT2D eigenvalue weighted by molar-refractivity contribution is 0.0365. The van der Waals surface area contributed by atoms with E-state index in [1.807, 2.05) is 0 Å². The van der Waals surface area contributed by atoms with Crippen LogP contribution in [0.3, 0.4) is 0 Å². The first-order valence-electron chi connectivity index (χ1n) is 7.59. The molecule has 2 fully saturated rings. The normalized spacial score (nSPS) is 32.9. The molecule has 1 N–H and O–H groups in total. The van der Waals surface area contributed by atoms with Crippen LogP contribution in [0.2, 0.25) is 0 Å². The molecule has 1 heterocycles. The molecule has 0 aliphatic heterocycles. The van der Waals surface area contributed by atoms with Gasteiger partial charge in [0.2, 0.25) is 0 Å². The van der Waals surface area contributed by atoms with E-state index >= 15 is 0 Å². The fourth-order valence-electron chi connectivity index (χ4n) is 4.11. The molecule has 3 heteroatoms. The second-order valence-electron chi connectivity index (χ2n) is 6.39. The monoisotopic (exact) mass is 342 g/mol. The summed E-state index contributed by atoms with van der Waals surface area (Å²) in [6.07, 6.45) is 9.23. The van der Waals surface area contributed by atoms with E-state index in [2.05, 4.69) is 28.9 Å². The Morgan fingerprint density at radius 2 is 1.95 bits per heavy atom. The lowest BCUT2D eigenvalue weighted by atomic mass is 9.66. The molecule has 3 rings (SSSR count). The highest BCUT2D eigenvalue weighted by Crippen LogP contribution is 2.47. The predicted molar refractivity (Wildman–Crippen MR) is 84.5 cm³/mol. The highest BCUT2D eigenvalue weighted by Gasteiger charge is 2.36. The standard InChI is InChI=1S/C16H23BrOS/c1-10-8-14(17)16(19-10)15(18)13-7-6-11-4-2-3-5-12(11)9-13/h8,11-13,15,18H,2-7,9H2,1H3. The zero-order valence-corrected chi connectivity index (χ0v) is 14.0. The summed E-state index contributed by atoms with van der Waals surface area (Å²) in [7, 11) is 0. The number of halogens is 1. The van der Waals surface area contributed by atoms with Gasteiger partial charge in [0, 0.05) is 14.2 Å². The molecule has 0 radical (unpaired) electrons. The van der Waals surface area contributed by atoms with E-state index in [0.29, 0.717) is 5.92 Å². The third kappa shape index (κ3) is 2.93. The van der Waals surface area contributed by atoms with Crippen molar-refractivity contribution in [3.05, 3.63) is 20.3 Å². The first kappa shape index (κ1) is 14.1. The van der Waals surface area contributed by atoms with Crippen LogP contribution in [0.1, 0.15) is 60.8 Å². The average Bonchev–Trinajstić information content (AvgIpc) is 2.76. The second kappa shape index (κ2) is 5.87. The number of hydrogen-bond donors (Lipinski definition) is 1. The minimum Gasteiger partial charge on any atom is -0.387 e. The van der Waals surface area contributed by atoms with E-state index in [1.54, 1.807) is 11.3 Å². The number of aliphatic hydroxyl groups excluding tert-OH is 1. The van der Waals surface area contributed by atoms with Crippen LogP contribution in [0, 0.1) is 24.7 Å². The van der Waals surface area contributed by atoms with Crippen LogP contribution in [0.5, 0.6) is 0 Å². The molecule has 2 aliphatic rings. The molecule has 0 saturated heterocycles. The van der Waals surface area contributed by atoms with Crippen molar-refractivity contribution in [1.29, 1.82) is 0 Å². The largest absolute Gasteiger partial charge is 0.387 e. The number of fused-ring (bicyclic) bond motifs is 1. The van der Waals surface area contributed by atoms with Gasteiger partial charge in [-0.1, -0.05) is 25.7 Å². The van der Waals surface area contributed by atoms with Gasteiger partial charge < -0.3 is 5.11 Å². The predicted octanol–water partition coefficient (Wildman–Crippen LogP) is 5.46.